The van der Waals surface area contributed by atoms with Crippen molar-refractivity contribution in [3.63, 3.8) is 0 Å². The van der Waals surface area contributed by atoms with Crippen LogP contribution in [0.3, 0.4) is 0 Å². The molecule has 0 saturated carbocycles. The first kappa shape index (κ1) is 29.4. The third-order valence-electron chi connectivity index (χ3n) is 5.61. The van der Waals surface area contributed by atoms with Crippen molar-refractivity contribution in [1.82, 2.24) is 4.98 Å². The van der Waals surface area contributed by atoms with Crippen molar-refractivity contribution in [2.24, 2.45) is 0 Å². The minimum absolute atomic E-state index is 0.0213. The second-order valence-electron chi connectivity index (χ2n) is 8.39. The van der Waals surface area contributed by atoms with Gasteiger partial charge in [-0.2, -0.15) is 8.42 Å². The highest BCUT2D eigenvalue weighted by molar-refractivity contribution is 7.86. The zero-order valence-corrected chi connectivity index (χ0v) is 23.4. The molecule has 1 unspecified atom stereocenters. The maximum Gasteiger partial charge on any atom is 0.308 e. The molecule has 0 saturated heterocycles. The molecule has 0 bridgehead atoms. The first-order valence-corrected chi connectivity index (χ1v) is 13.6. The van der Waals surface area contributed by atoms with Crippen LogP contribution in [-0.2, 0) is 36.9 Å². The molecule has 0 fully saturated rings. The number of aromatic nitrogens is 1. The van der Waals surface area contributed by atoms with E-state index in [1.165, 1.54) is 33.3 Å². The second kappa shape index (κ2) is 13.1. The van der Waals surface area contributed by atoms with Gasteiger partial charge in [0.05, 0.1) is 30.2 Å². The van der Waals surface area contributed by atoms with Crippen molar-refractivity contribution in [2.75, 3.05) is 20.1 Å². The van der Waals surface area contributed by atoms with Crippen molar-refractivity contribution < 1.29 is 36.3 Å². The lowest BCUT2D eigenvalue weighted by atomic mass is 9.99. The van der Waals surface area contributed by atoms with Gasteiger partial charge in [0.15, 0.2) is 5.75 Å². The van der Waals surface area contributed by atoms with E-state index in [1.807, 2.05) is 6.92 Å². The van der Waals surface area contributed by atoms with Crippen LogP contribution in [0, 0.1) is 13.8 Å². The van der Waals surface area contributed by atoms with Gasteiger partial charge in [-0.25, -0.2) is 0 Å². The third kappa shape index (κ3) is 7.44. The van der Waals surface area contributed by atoms with Gasteiger partial charge in [0, 0.05) is 38.3 Å². The van der Waals surface area contributed by atoms with Gasteiger partial charge in [0.2, 0.25) is 6.29 Å². The number of pyridine rings is 1. The molecule has 0 aliphatic carbocycles. The number of hydrogen-bond acceptors (Lipinski definition) is 9. The van der Waals surface area contributed by atoms with Crippen molar-refractivity contribution in [3.05, 3.63) is 76.6 Å². The number of rotatable bonds is 12. The zero-order chi connectivity index (χ0) is 27.9. The standard InChI is InChI=1S/C27H30ClNO8S/c1-17-6-10-23(11-7-17)38(31,32)35-16-24-21(15-29-18(2)27(24)36-19(3)30)12-20-8-9-22(13-25(20)33-4)37-26(14-28)34-5/h6-11,13,15,26H,12,14,16H2,1-5H3. The Morgan fingerprint density at radius 3 is 2.37 bits per heavy atom. The molecule has 0 spiro atoms. The van der Waals surface area contributed by atoms with Crippen molar-refractivity contribution in [2.45, 2.75) is 45.0 Å². The molecule has 38 heavy (non-hydrogen) atoms. The van der Waals surface area contributed by atoms with Crippen LogP contribution in [0.5, 0.6) is 17.2 Å². The second-order valence-corrected chi connectivity index (χ2v) is 10.3. The summed E-state index contributed by atoms with van der Waals surface area (Å²) in [6.45, 7) is 4.41. The molecular weight excluding hydrogens is 534 g/mol. The largest absolute Gasteiger partial charge is 0.496 e. The summed E-state index contributed by atoms with van der Waals surface area (Å²) < 4.78 is 53.0. The molecule has 3 rings (SSSR count). The molecule has 9 nitrogen and oxygen atoms in total. The predicted molar refractivity (Wildman–Crippen MR) is 141 cm³/mol. The Morgan fingerprint density at radius 2 is 1.76 bits per heavy atom. The Labute approximate surface area is 227 Å². The minimum Gasteiger partial charge on any atom is -0.496 e. The summed E-state index contributed by atoms with van der Waals surface area (Å²) in [4.78, 5) is 16.2. The summed E-state index contributed by atoms with van der Waals surface area (Å²) in [5.41, 5.74) is 3.05. The molecule has 1 aromatic heterocycles. The Bertz CT molecular complexity index is 1370. The summed E-state index contributed by atoms with van der Waals surface area (Å²) in [6.07, 6.45) is 1.24. The average Bonchev–Trinajstić information content (AvgIpc) is 2.89. The van der Waals surface area contributed by atoms with Gasteiger partial charge in [-0.3, -0.25) is 14.0 Å². The van der Waals surface area contributed by atoms with Gasteiger partial charge in [-0.15, -0.1) is 11.6 Å². The summed E-state index contributed by atoms with van der Waals surface area (Å²) in [7, 11) is -1.07. The molecule has 0 amide bonds. The van der Waals surface area contributed by atoms with E-state index < -0.39 is 22.4 Å². The van der Waals surface area contributed by atoms with E-state index in [4.69, 9.17) is 34.7 Å². The van der Waals surface area contributed by atoms with Crippen LogP contribution in [-0.4, -0.2) is 45.8 Å². The summed E-state index contributed by atoms with van der Waals surface area (Å²) in [5.74, 6) is 0.733. The van der Waals surface area contributed by atoms with Crippen LogP contribution in [0.25, 0.3) is 0 Å². The molecule has 11 heteroatoms. The molecule has 1 atom stereocenters. The monoisotopic (exact) mass is 563 g/mol. The van der Waals surface area contributed by atoms with Crippen LogP contribution in [0.4, 0.5) is 0 Å². The number of carbonyl (C=O) groups is 1. The van der Waals surface area contributed by atoms with Crippen LogP contribution in [0.15, 0.2) is 53.6 Å². The number of carbonyl (C=O) groups excluding carboxylic acids is 1. The van der Waals surface area contributed by atoms with Crippen LogP contribution in [0.2, 0.25) is 0 Å². The Kier molecular flexibility index (Phi) is 10.1. The topological polar surface area (TPSA) is 110 Å². The van der Waals surface area contributed by atoms with E-state index >= 15 is 0 Å². The molecule has 0 aliphatic rings. The number of aryl methyl sites for hydroxylation is 2. The Morgan fingerprint density at radius 1 is 1.05 bits per heavy atom. The normalized spacial score (nSPS) is 12.2. The van der Waals surface area contributed by atoms with Crippen LogP contribution in [0.1, 0.15) is 34.9 Å². The number of esters is 1. The van der Waals surface area contributed by atoms with E-state index in [-0.39, 0.29) is 29.6 Å². The molecular formula is C27H30ClNO8S. The van der Waals surface area contributed by atoms with Gasteiger partial charge in [0.25, 0.3) is 10.1 Å². The molecule has 0 N–H and O–H groups in total. The van der Waals surface area contributed by atoms with E-state index in [0.29, 0.717) is 28.3 Å². The van der Waals surface area contributed by atoms with Gasteiger partial charge in [-0.05, 0) is 43.2 Å². The maximum atomic E-state index is 12.9. The van der Waals surface area contributed by atoms with Crippen LogP contribution >= 0.6 is 11.6 Å². The molecule has 0 aliphatic heterocycles. The fourth-order valence-corrected chi connectivity index (χ4v) is 4.69. The number of benzene rings is 2. The maximum absolute atomic E-state index is 12.9. The number of halogens is 1. The van der Waals surface area contributed by atoms with E-state index in [1.54, 1.807) is 43.5 Å². The molecule has 2 aromatic carbocycles. The quantitative estimate of drug-likeness (QED) is 0.134. The summed E-state index contributed by atoms with van der Waals surface area (Å²) >= 11 is 5.84. The third-order valence-corrected chi connectivity index (χ3v) is 7.14. The van der Waals surface area contributed by atoms with E-state index in [9.17, 15) is 13.2 Å². The fourth-order valence-electron chi connectivity index (χ4n) is 3.62. The molecule has 204 valence electrons. The van der Waals surface area contributed by atoms with Crippen molar-refractivity contribution in [1.29, 1.82) is 0 Å². The van der Waals surface area contributed by atoms with E-state index in [2.05, 4.69) is 4.98 Å². The SMILES string of the molecule is COc1cc(OC(CCl)OC)ccc1Cc1cnc(C)c(OC(C)=O)c1COS(=O)(=O)c1ccc(C)cc1. The zero-order valence-electron chi connectivity index (χ0n) is 21.8. The lowest BCUT2D eigenvalue weighted by molar-refractivity contribution is -0.132. The lowest BCUT2D eigenvalue weighted by Gasteiger charge is -2.18. The highest BCUT2D eigenvalue weighted by Gasteiger charge is 2.22. The highest BCUT2D eigenvalue weighted by Crippen LogP contribution is 2.33. The number of nitrogens with zero attached hydrogens (tertiary/aromatic N) is 1. The first-order chi connectivity index (χ1) is 18.1. The minimum atomic E-state index is -4.08. The highest BCUT2D eigenvalue weighted by atomic mass is 35.5. The van der Waals surface area contributed by atoms with E-state index in [0.717, 1.165) is 11.1 Å². The molecule has 3 aromatic rings. The summed E-state index contributed by atoms with van der Waals surface area (Å²) in [5, 5.41) is 0. The van der Waals surface area contributed by atoms with Gasteiger partial charge < -0.3 is 18.9 Å². The number of ether oxygens (including phenoxy) is 4. The Balaban J connectivity index is 1.97. The van der Waals surface area contributed by atoms with Crippen molar-refractivity contribution in [3.8, 4) is 17.2 Å². The smallest absolute Gasteiger partial charge is 0.308 e. The summed E-state index contributed by atoms with van der Waals surface area (Å²) in [6, 6.07) is 11.6. The number of alkyl halides is 1. The number of methoxy groups -OCH3 is 2. The molecule has 0 radical (unpaired) electrons. The average molecular weight is 564 g/mol. The first-order valence-electron chi connectivity index (χ1n) is 11.6. The van der Waals surface area contributed by atoms with Gasteiger partial charge >= 0.3 is 5.97 Å². The fraction of sp³-hybridized carbons (Fsp3) is 0.333. The van der Waals surface area contributed by atoms with Gasteiger partial charge in [-0.1, -0.05) is 23.8 Å². The molecule has 1 heterocycles. The Hall–Kier alpha value is -3.18. The van der Waals surface area contributed by atoms with Gasteiger partial charge in [0.1, 0.15) is 11.5 Å². The van der Waals surface area contributed by atoms with Crippen molar-refractivity contribution >= 4 is 27.7 Å². The number of hydrogen-bond donors (Lipinski definition) is 0. The predicted octanol–water partition coefficient (Wildman–Crippen LogP) is 4.72. The van der Waals surface area contributed by atoms with Crippen LogP contribution < -0.4 is 14.2 Å². The lowest BCUT2D eigenvalue weighted by Crippen LogP contribution is -2.20.